The highest BCUT2D eigenvalue weighted by Gasteiger charge is 2.37. The molecule has 0 saturated carbocycles. The average Bonchev–Trinajstić information content (AvgIpc) is 3.12. The molecular weight excluding hydrogens is 380 g/mol. The van der Waals surface area contributed by atoms with Crippen molar-refractivity contribution >= 4 is 11.9 Å². The summed E-state index contributed by atoms with van der Waals surface area (Å²) in [5, 5.41) is 3.26. The van der Waals surface area contributed by atoms with E-state index in [-0.39, 0.29) is 34.8 Å². The van der Waals surface area contributed by atoms with Crippen molar-refractivity contribution in [3.05, 3.63) is 29.8 Å². The Morgan fingerprint density at radius 2 is 1.83 bits per heavy atom. The Hall–Kier alpha value is -2.08. The molecule has 1 aromatic rings. The highest BCUT2D eigenvalue weighted by atomic mass is 16.5. The number of carbonyl (C=O) groups is 2. The fraction of sp³-hybridized carbons (Fsp3) is 0.667. The third kappa shape index (κ3) is 7.63. The number of ether oxygens (including phenoxy) is 2. The molecule has 6 heteroatoms. The van der Waals surface area contributed by atoms with Gasteiger partial charge >= 0.3 is 5.97 Å². The molecule has 1 heterocycles. The number of esters is 1. The molecule has 1 fully saturated rings. The summed E-state index contributed by atoms with van der Waals surface area (Å²) in [5.74, 6) is 0.627. The smallest absolute Gasteiger partial charge is 0.323 e. The van der Waals surface area contributed by atoms with Gasteiger partial charge in [-0.25, -0.2) is 0 Å². The summed E-state index contributed by atoms with van der Waals surface area (Å²) >= 11 is 0. The van der Waals surface area contributed by atoms with Gasteiger partial charge in [0, 0.05) is 25.6 Å². The summed E-state index contributed by atoms with van der Waals surface area (Å²) in [7, 11) is 1.64. The van der Waals surface area contributed by atoms with E-state index in [1.54, 1.807) is 7.11 Å². The lowest BCUT2D eigenvalue weighted by Crippen LogP contribution is -2.42. The lowest BCUT2D eigenvalue weighted by Gasteiger charge is -2.31. The zero-order valence-corrected chi connectivity index (χ0v) is 19.6. The predicted molar refractivity (Wildman–Crippen MR) is 118 cm³/mol. The van der Waals surface area contributed by atoms with Crippen molar-refractivity contribution in [1.29, 1.82) is 0 Å². The molecular formula is C24H38N2O4. The fourth-order valence-electron chi connectivity index (χ4n) is 3.47. The second kappa shape index (κ2) is 9.82. The van der Waals surface area contributed by atoms with Crippen LogP contribution in [-0.4, -0.2) is 49.1 Å². The molecule has 1 saturated heterocycles. The second-order valence-corrected chi connectivity index (χ2v) is 10.6. The van der Waals surface area contributed by atoms with E-state index in [1.807, 2.05) is 49.9 Å². The minimum atomic E-state index is -0.382. The first-order valence-electron chi connectivity index (χ1n) is 10.7. The summed E-state index contributed by atoms with van der Waals surface area (Å²) < 4.78 is 10.8. The Morgan fingerprint density at radius 3 is 2.43 bits per heavy atom. The van der Waals surface area contributed by atoms with E-state index in [1.165, 1.54) is 0 Å². The Morgan fingerprint density at radius 1 is 1.13 bits per heavy atom. The Balaban J connectivity index is 2.12. The first-order valence-corrected chi connectivity index (χ1v) is 10.7. The number of methoxy groups -OCH3 is 1. The van der Waals surface area contributed by atoms with Crippen molar-refractivity contribution in [2.75, 3.05) is 20.3 Å². The van der Waals surface area contributed by atoms with Crippen LogP contribution in [0, 0.1) is 10.8 Å². The van der Waals surface area contributed by atoms with Crippen molar-refractivity contribution in [1.82, 2.24) is 10.2 Å². The molecule has 2 atom stereocenters. The number of benzene rings is 1. The van der Waals surface area contributed by atoms with Crippen LogP contribution in [0.1, 0.15) is 59.9 Å². The van der Waals surface area contributed by atoms with E-state index < -0.39 is 0 Å². The largest absolute Gasteiger partial charge is 0.497 e. The van der Waals surface area contributed by atoms with Crippen LogP contribution in [0.15, 0.2) is 24.3 Å². The van der Waals surface area contributed by atoms with Gasteiger partial charge in [0.25, 0.3) is 0 Å². The van der Waals surface area contributed by atoms with Gasteiger partial charge in [-0.15, -0.1) is 0 Å². The fourth-order valence-corrected chi connectivity index (χ4v) is 3.47. The van der Waals surface area contributed by atoms with E-state index >= 15 is 0 Å². The van der Waals surface area contributed by atoms with Crippen LogP contribution in [0.2, 0.25) is 0 Å². The number of carbonyl (C=O) groups excluding carboxylic acids is 2. The molecule has 1 aliphatic heterocycles. The van der Waals surface area contributed by atoms with Crippen molar-refractivity contribution in [3.8, 4) is 5.75 Å². The van der Waals surface area contributed by atoms with Crippen LogP contribution in [0.25, 0.3) is 0 Å². The lowest BCUT2D eigenvalue weighted by molar-refractivity contribution is -0.149. The van der Waals surface area contributed by atoms with Gasteiger partial charge in [-0.05, 0) is 34.9 Å². The van der Waals surface area contributed by atoms with Crippen molar-refractivity contribution < 1.29 is 19.1 Å². The summed E-state index contributed by atoms with van der Waals surface area (Å²) in [6.07, 6.45) is 1.01. The van der Waals surface area contributed by atoms with Gasteiger partial charge in [0.05, 0.1) is 13.7 Å². The monoisotopic (exact) mass is 418 g/mol. The van der Waals surface area contributed by atoms with Crippen molar-refractivity contribution in [3.63, 3.8) is 0 Å². The predicted octanol–water partition coefficient (Wildman–Crippen LogP) is 3.78. The molecule has 1 N–H and O–H groups in total. The van der Waals surface area contributed by atoms with Crippen LogP contribution in [0.4, 0.5) is 0 Å². The minimum Gasteiger partial charge on any atom is -0.497 e. The lowest BCUT2D eigenvalue weighted by atomic mass is 9.91. The number of rotatable bonds is 7. The normalized spacial score (nSPS) is 19.4. The zero-order valence-electron chi connectivity index (χ0n) is 19.6. The maximum atomic E-state index is 13.2. The Bertz CT molecular complexity index is 733. The first kappa shape index (κ1) is 24.2. The Kier molecular flexibility index (Phi) is 7.92. The standard InChI is InChI=1S/C24H38N2O4/c1-23(2,3)13-21(27)26(15-17-9-8-10-19(11-17)29-7)18-12-20(25-14-18)22(28)30-16-24(4,5)6/h8-11,18,20,25H,12-16H2,1-7H3/t18-,20+/m1/s1. The van der Waals surface area contributed by atoms with E-state index in [4.69, 9.17) is 9.47 Å². The number of nitrogens with one attached hydrogen (secondary N) is 1. The summed E-state index contributed by atoms with van der Waals surface area (Å²) in [6.45, 7) is 13.7. The topological polar surface area (TPSA) is 67.9 Å². The van der Waals surface area contributed by atoms with Gasteiger partial charge in [-0.1, -0.05) is 53.7 Å². The summed E-state index contributed by atoms with van der Waals surface area (Å²) in [6, 6.07) is 7.33. The third-order valence-electron chi connectivity index (χ3n) is 4.97. The molecule has 0 bridgehead atoms. The van der Waals surface area contributed by atoms with Crippen LogP contribution in [0.3, 0.4) is 0 Å². The number of hydrogen-bond donors (Lipinski definition) is 1. The first-order chi connectivity index (χ1) is 13.9. The molecule has 0 radical (unpaired) electrons. The molecule has 168 valence electrons. The van der Waals surface area contributed by atoms with E-state index in [0.717, 1.165) is 11.3 Å². The molecule has 1 aliphatic rings. The van der Waals surface area contributed by atoms with Crippen LogP contribution in [0.5, 0.6) is 5.75 Å². The SMILES string of the molecule is COc1cccc(CN(C(=O)CC(C)(C)C)[C@H]2CN[C@H](C(=O)OCC(C)(C)C)C2)c1. The highest BCUT2D eigenvalue weighted by Crippen LogP contribution is 2.26. The molecule has 30 heavy (non-hydrogen) atoms. The van der Waals surface area contributed by atoms with Crippen LogP contribution < -0.4 is 10.1 Å². The molecule has 1 aromatic carbocycles. The number of nitrogens with zero attached hydrogens (tertiary/aromatic N) is 1. The molecule has 1 amide bonds. The average molecular weight is 419 g/mol. The highest BCUT2D eigenvalue weighted by molar-refractivity contribution is 5.79. The number of hydrogen-bond acceptors (Lipinski definition) is 5. The van der Waals surface area contributed by atoms with Gasteiger partial charge in [-0.3, -0.25) is 9.59 Å². The maximum Gasteiger partial charge on any atom is 0.323 e. The summed E-state index contributed by atoms with van der Waals surface area (Å²) in [5.41, 5.74) is 0.825. The molecule has 6 nitrogen and oxygen atoms in total. The Labute approximate surface area is 181 Å². The molecule has 0 spiro atoms. The van der Waals surface area contributed by atoms with Gasteiger partial charge in [0.15, 0.2) is 0 Å². The van der Waals surface area contributed by atoms with Crippen molar-refractivity contribution in [2.24, 2.45) is 10.8 Å². The van der Waals surface area contributed by atoms with Crippen molar-refractivity contribution in [2.45, 2.75) is 73.0 Å². The minimum absolute atomic E-state index is 0.0572. The van der Waals surface area contributed by atoms with E-state index in [0.29, 0.717) is 32.5 Å². The van der Waals surface area contributed by atoms with E-state index in [2.05, 4.69) is 26.1 Å². The maximum absolute atomic E-state index is 13.2. The quantitative estimate of drug-likeness (QED) is 0.683. The van der Waals surface area contributed by atoms with Gasteiger partial charge in [0.2, 0.25) is 5.91 Å². The van der Waals surface area contributed by atoms with Gasteiger partial charge < -0.3 is 19.7 Å². The van der Waals surface area contributed by atoms with E-state index in [9.17, 15) is 9.59 Å². The van der Waals surface area contributed by atoms with Crippen LogP contribution >= 0.6 is 0 Å². The second-order valence-electron chi connectivity index (χ2n) is 10.6. The molecule has 0 unspecified atom stereocenters. The number of amides is 1. The third-order valence-corrected chi connectivity index (χ3v) is 4.97. The van der Waals surface area contributed by atoms with Crippen LogP contribution in [-0.2, 0) is 20.9 Å². The van der Waals surface area contributed by atoms with Gasteiger partial charge in [-0.2, -0.15) is 0 Å². The molecule has 0 aliphatic carbocycles. The molecule has 2 rings (SSSR count). The zero-order chi connectivity index (χ0) is 22.5. The summed E-state index contributed by atoms with van der Waals surface area (Å²) in [4.78, 5) is 27.6. The molecule has 0 aromatic heterocycles. The van der Waals surface area contributed by atoms with Gasteiger partial charge in [0.1, 0.15) is 11.8 Å².